The Morgan fingerprint density at radius 2 is 1.78 bits per heavy atom. The summed E-state index contributed by atoms with van der Waals surface area (Å²) in [5.74, 6) is -1.07. The Morgan fingerprint density at radius 1 is 1.04 bits per heavy atom. The van der Waals surface area contributed by atoms with Crippen molar-refractivity contribution in [2.75, 3.05) is 24.5 Å². The highest BCUT2D eigenvalue weighted by atomic mass is 19.1. The van der Waals surface area contributed by atoms with Crippen LogP contribution in [-0.2, 0) is 9.59 Å². The summed E-state index contributed by atoms with van der Waals surface area (Å²) in [6.07, 6.45) is 3.02. The number of carbonyl (C=O) groups excluding carboxylic acids is 2. The summed E-state index contributed by atoms with van der Waals surface area (Å²) >= 11 is 0. The maximum absolute atomic E-state index is 14.0. The second-order valence-corrected chi connectivity index (χ2v) is 6.99. The molecule has 5 heteroatoms. The van der Waals surface area contributed by atoms with Gasteiger partial charge in [0.1, 0.15) is 5.82 Å². The van der Waals surface area contributed by atoms with Crippen LogP contribution in [0.3, 0.4) is 0 Å². The number of benzene rings is 2. The van der Waals surface area contributed by atoms with Crippen molar-refractivity contribution >= 4 is 23.1 Å². The van der Waals surface area contributed by atoms with Gasteiger partial charge in [-0.2, -0.15) is 0 Å². The standard InChI is InChI=1S/C22H21FN2O2/c23-19-8-4-5-9-20(19)25-15-18(14-21(25)26)22(27)24-12-10-17(11-13-24)16-6-2-1-3-7-16/h1-10,18H,11-15H2. The molecule has 2 aromatic rings. The predicted octanol–water partition coefficient (Wildman–Crippen LogP) is 3.49. The summed E-state index contributed by atoms with van der Waals surface area (Å²) in [5.41, 5.74) is 2.68. The zero-order valence-corrected chi connectivity index (χ0v) is 15.0. The zero-order valence-electron chi connectivity index (χ0n) is 15.0. The van der Waals surface area contributed by atoms with Gasteiger partial charge in [-0.25, -0.2) is 4.39 Å². The minimum atomic E-state index is -0.438. The SMILES string of the molecule is O=C(C1CC(=O)N(c2ccccc2F)C1)N1CC=C(c2ccccc2)CC1. The van der Waals surface area contributed by atoms with Crippen LogP contribution in [-0.4, -0.2) is 36.3 Å². The quantitative estimate of drug-likeness (QED) is 0.836. The molecule has 0 aliphatic carbocycles. The van der Waals surface area contributed by atoms with Crippen LogP contribution in [0.5, 0.6) is 0 Å². The number of hydrogen-bond donors (Lipinski definition) is 0. The first-order valence-corrected chi connectivity index (χ1v) is 9.21. The number of anilines is 1. The third-order valence-corrected chi connectivity index (χ3v) is 5.28. The van der Waals surface area contributed by atoms with Crippen molar-refractivity contribution in [3.63, 3.8) is 0 Å². The second-order valence-electron chi connectivity index (χ2n) is 6.99. The molecule has 0 aromatic heterocycles. The molecule has 0 saturated carbocycles. The van der Waals surface area contributed by atoms with E-state index in [0.29, 0.717) is 13.1 Å². The number of para-hydroxylation sites is 1. The van der Waals surface area contributed by atoms with Gasteiger partial charge in [0.25, 0.3) is 0 Å². The molecule has 4 nitrogen and oxygen atoms in total. The Kier molecular flexibility index (Phi) is 4.75. The van der Waals surface area contributed by atoms with Gasteiger partial charge in [0.15, 0.2) is 0 Å². The molecule has 1 atom stereocenters. The molecule has 1 saturated heterocycles. The van der Waals surface area contributed by atoms with Crippen molar-refractivity contribution in [1.29, 1.82) is 0 Å². The Labute approximate surface area is 157 Å². The van der Waals surface area contributed by atoms with Crippen molar-refractivity contribution in [1.82, 2.24) is 4.90 Å². The minimum Gasteiger partial charge on any atom is -0.338 e. The maximum Gasteiger partial charge on any atom is 0.228 e. The van der Waals surface area contributed by atoms with E-state index in [0.717, 1.165) is 6.42 Å². The molecular weight excluding hydrogens is 343 g/mol. The van der Waals surface area contributed by atoms with E-state index in [1.54, 1.807) is 23.1 Å². The largest absolute Gasteiger partial charge is 0.338 e. The number of amides is 2. The molecule has 0 bridgehead atoms. The topological polar surface area (TPSA) is 40.6 Å². The average Bonchev–Trinajstić information content (AvgIpc) is 3.10. The number of hydrogen-bond acceptors (Lipinski definition) is 2. The Balaban J connectivity index is 1.43. The van der Waals surface area contributed by atoms with E-state index in [9.17, 15) is 14.0 Å². The third-order valence-electron chi connectivity index (χ3n) is 5.28. The van der Waals surface area contributed by atoms with E-state index < -0.39 is 11.7 Å². The molecule has 27 heavy (non-hydrogen) atoms. The van der Waals surface area contributed by atoms with E-state index in [-0.39, 0.29) is 30.5 Å². The number of rotatable bonds is 3. The smallest absolute Gasteiger partial charge is 0.228 e. The highest BCUT2D eigenvalue weighted by Crippen LogP contribution is 2.29. The van der Waals surface area contributed by atoms with Crippen molar-refractivity contribution in [3.8, 4) is 0 Å². The lowest BCUT2D eigenvalue weighted by Crippen LogP contribution is -2.40. The second kappa shape index (κ2) is 7.35. The third kappa shape index (κ3) is 3.50. The highest BCUT2D eigenvalue weighted by Gasteiger charge is 2.38. The van der Waals surface area contributed by atoms with Gasteiger partial charge in [-0.1, -0.05) is 48.5 Å². The van der Waals surface area contributed by atoms with E-state index >= 15 is 0 Å². The first-order chi connectivity index (χ1) is 13.1. The number of halogens is 1. The first kappa shape index (κ1) is 17.5. The fraction of sp³-hybridized carbons (Fsp3) is 0.273. The van der Waals surface area contributed by atoms with Crippen molar-refractivity contribution < 1.29 is 14.0 Å². The van der Waals surface area contributed by atoms with Gasteiger partial charge in [0.2, 0.25) is 11.8 Å². The van der Waals surface area contributed by atoms with Gasteiger partial charge in [0, 0.05) is 26.1 Å². The van der Waals surface area contributed by atoms with Crippen LogP contribution in [0.4, 0.5) is 10.1 Å². The molecule has 2 aromatic carbocycles. The van der Waals surface area contributed by atoms with Gasteiger partial charge in [0.05, 0.1) is 11.6 Å². The molecule has 1 unspecified atom stereocenters. The van der Waals surface area contributed by atoms with Gasteiger partial charge >= 0.3 is 0 Å². The summed E-state index contributed by atoms with van der Waals surface area (Å²) in [7, 11) is 0. The van der Waals surface area contributed by atoms with Crippen molar-refractivity contribution in [2.24, 2.45) is 5.92 Å². The summed E-state index contributed by atoms with van der Waals surface area (Å²) in [4.78, 5) is 28.4. The highest BCUT2D eigenvalue weighted by molar-refractivity contribution is 6.00. The van der Waals surface area contributed by atoms with Crippen LogP contribution in [0.15, 0.2) is 60.7 Å². The van der Waals surface area contributed by atoms with Crippen LogP contribution >= 0.6 is 0 Å². The molecular formula is C22H21FN2O2. The van der Waals surface area contributed by atoms with Gasteiger partial charge in [-0.15, -0.1) is 0 Å². The van der Waals surface area contributed by atoms with Crippen LogP contribution in [0, 0.1) is 11.7 Å². The molecule has 138 valence electrons. The predicted molar refractivity (Wildman–Crippen MR) is 102 cm³/mol. The van der Waals surface area contributed by atoms with E-state index in [1.165, 1.54) is 22.1 Å². The molecule has 4 rings (SSSR count). The fourth-order valence-electron chi connectivity index (χ4n) is 3.82. The molecule has 0 spiro atoms. The van der Waals surface area contributed by atoms with Crippen molar-refractivity contribution in [2.45, 2.75) is 12.8 Å². The summed E-state index contributed by atoms with van der Waals surface area (Å²) in [5, 5.41) is 0. The van der Waals surface area contributed by atoms with E-state index in [1.807, 2.05) is 18.2 Å². The van der Waals surface area contributed by atoms with E-state index in [2.05, 4.69) is 18.2 Å². The lowest BCUT2D eigenvalue weighted by Gasteiger charge is -2.29. The fourth-order valence-corrected chi connectivity index (χ4v) is 3.82. The summed E-state index contributed by atoms with van der Waals surface area (Å²) in [6.45, 7) is 1.43. The Hall–Kier alpha value is -2.95. The Morgan fingerprint density at radius 3 is 2.48 bits per heavy atom. The summed E-state index contributed by atoms with van der Waals surface area (Å²) < 4.78 is 14.0. The molecule has 2 amide bonds. The lowest BCUT2D eigenvalue weighted by atomic mass is 9.98. The molecule has 2 aliphatic heterocycles. The van der Waals surface area contributed by atoms with Crippen LogP contribution in [0.25, 0.3) is 5.57 Å². The molecule has 2 aliphatic rings. The molecule has 0 N–H and O–H groups in total. The Bertz CT molecular complexity index is 894. The van der Waals surface area contributed by atoms with Crippen molar-refractivity contribution in [3.05, 3.63) is 72.1 Å². The maximum atomic E-state index is 14.0. The normalized spacial score (nSPS) is 20.0. The lowest BCUT2D eigenvalue weighted by molar-refractivity contribution is -0.135. The van der Waals surface area contributed by atoms with E-state index in [4.69, 9.17) is 0 Å². The van der Waals surface area contributed by atoms with Crippen LogP contribution in [0.1, 0.15) is 18.4 Å². The summed E-state index contributed by atoms with van der Waals surface area (Å²) in [6, 6.07) is 16.4. The molecule has 2 heterocycles. The van der Waals surface area contributed by atoms with Gasteiger partial charge in [-0.3, -0.25) is 9.59 Å². The average molecular weight is 364 g/mol. The van der Waals surface area contributed by atoms with Crippen LogP contribution < -0.4 is 4.90 Å². The van der Waals surface area contributed by atoms with Gasteiger partial charge < -0.3 is 9.80 Å². The zero-order chi connectivity index (χ0) is 18.8. The molecule has 0 radical (unpaired) electrons. The first-order valence-electron chi connectivity index (χ1n) is 9.21. The monoisotopic (exact) mass is 364 g/mol. The number of nitrogens with zero attached hydrogens (tertiary/aromatic N) is 2. The minimum absolute atomic E-state index is 0.0226. The number of carbonyl (C=O) groups is 2. The molecule has 1 fully saturated rings. The van der Waals surface area contributed by atoms with Crippen LogP contribution in [0.2, 0.25) is 0 Å². The van der Waals surface area contributed by atoms with Gasteiger partial charge in [-0.05, 0) is 29.7 Å².